The van der Waals surface area contributed by atoms with E-state index in [9.17, 15) is 14.7 Å². The summed E-state index contributed by atoms with van der Waals surface area (Å²) in [6.45, 7) is 3.94. The van der Waals surface area contributed by atoms with Crippen molar-refractivity contribution in [1.82, 2.24) is 0 Å². The molecule has 7 heteroatoms. The van der Waals surface area contributed by atoms with E-state index in [1.54, 1.807) is 19.9 Å². The van der Waals surface area contributed by atoms with E-state index in [2.05, 4.69) is 29.3 Å². The van der Waals surface area contributed by atoms with Gasteiger partial charge in [-0.3, -0.25) is 4.79 Å². The van der Waals surface area contributed by atoms with Crippen molar-refractivity contribution in [3.8, 4) is 5.75 Å². The smallest absolute Gasteiger partial charge is 0.344 e. The lowest BCUT2D eigenvalue weighted by atomic mass is 10.1. The highest BCUT2D eigenvalue weighted by Gasteiger charge is 2.33. The normalized spacial score (nSPS) is 15.7. The second kappa shape index (κ2) is 11.1. The molecule has 3 aromatic carbocycles. The highest BCUT2D eigenvalue weighted by atomic mass is 32.2. The fourth-order valence-electron chi connectivity index (χ4n) is 3.58. The molecule has 0 saturated heterocycles. The van der Waals surface area contributed by atoms with Crippen LogP contribution in [0.3, 0.4) is 0 Å². The Balaban J connectivity index is 1.52. The van der Waals surface area contributed by atoms with Gasteiger partial charge in [0.1, 0.15) is 28.7 Å². The molecule has 0 saturated carbocycles. The van der Waals surface area contributed by atoms with Gasteiger partial charge in [-0.25, -0.2) is 9.79 Å². The number of carbonyl (C=O) groups is 2. The fraction of sp³-hybridized carbons (Fsp3) is 0.179. The van der Waals surface area contributed by atoms with Gasteiger partial charge in [0, 0.05) is 6.42 Å². The van der Waals surface area contributed by atoms with Crippen molar-refractivity contribution in [3.05, 3.63) is 94.1 Å². The van der Waals surface area contributed by atoms with Crippen LogP contribution in [0.25, 0.3) is 16.8 Å². The van der Waals surface area contributed by atoms with E-state index in [0.717, 1.165) is 28.3 Å². The van der Waals surface area contributed by atoms with Gasteiger partial charge >= 0.3 is 5.97 Å². The second-order valence-electron chi connectivity index (χ2n) is 7.71. The molecule has 0 spiro atoms. The molecular weight excluding hydrogens is 462 g/mol. The third kappa shape index (κ3) is 5.63. The Morgan fingerprint density at radius 3 is 2.49 bits per heavy atom. The van der Waals surface area contributed by atoms with E-state index in [0.29, 0.717) is 17.3 Å². The zero-order valence-corrected chi connectivity index (χ0v) is 20.3. The number of fused-ring (bicyclic) bond motifs is 1. The molecule has 1 aliphatic heterocycles. The Morgan fingerprint density at radius 1 is 1.00 bits per heavy atom. The van der Waals surface area contributed by atoms with Crippen molar-refractivity contribution in [2.24, 2.45) is 4.99 Å². The summed E-state index contributed by atoms with van der Waals surface area (Å²) in [5.74, 6) is -0.619. The van der Waals surface area contributed by atoms with Crippen LogP contribution in [0.5, 0.6) is 5.75 Å². The Bertz CT molecular complexity index is 1350. The molecule has 1 amide bonds. The number of nitrogens with zero attached hydrogens (tertiary/aromatic N) is 1. The number of hydrogen-bond donors (Lipinski definition) is 1. The monoisotopic (exact) mass is 487 g/mol. The summed E-state index contributed by atoms with van der Waals surface area (Å²) < 4.78 is 11.0. The van der Waals surface area contributed by atoms with E-state index in [-0.39, 0.29) is 35.3 Å². The Labute approximate surface area is 208 Å². The minimum Gasteiger partial charge on any atom is -0.506 e. The summed E-state index contributed by atoms with van der Waals surface area (Å²) in [5, 5.41) is 13.2. The maximum absolute atomic E-state index is 12.4. The van der Waals surface area contributed by atoms with Gasteiger partial charge in [-0.1, -0.05) is 73.3 Å². The zero-order valence-electron chi connectivity index (χ0n) is 19.5. The van der Waals surface area contributed by atoms with E-state index in [4.69, 9.17) is 9.47 Å². The summed E-state index contributed by atoms with van der Waals surface area (Å²) in [6, 6.07) is 21.7. The molecule has 6 nitrogen and oxygen atoms in total. The van der Waals surface area contributed by atoms with Crippen LogP contribution in [0.1, 0.15) is 31.4 Å². The number of ether oxygens (including phenoxy) is 2. The van der Waals surface area contributed by atoms with E-state index >= 15 is 0 Å². The third-order valence-corrected chi connectivity index (χ3v) is 6.37. The first-order valence-electron chi connectivity index (χ1n) is 11.3. The van der Waals surface area contributed by atoms with Crippen molar-refractivity contribution >= 4 is 45.5 Å². The van der Waals surface area contributed by atoms with Gasteiger partial charge in [-0.05, 0) is 47.0 Å². The summed E-state index contributed by atoms with van der Waals surface area (Å²) in [7, 11) is 0. The predicted molar refractivity (Wildman–Crippen MR) is 139 cm³/mol. The van der Waals surface area contributed by atoms with Crippen LogP contribution in [-0.4, -0.2) is 28.6 Å². The number of carbonyl (C=O) groups excluding carboxylic acids is 2. The SMILES string of the molecule is CCOC(=O)C1=C(O)/C(=C/c2ccc(OCc3cccc4ccccc34)cc2)SC1=NC(=O)CC. The number of thioether (sulfide) groups is 1. The molecule has 0 bridgehead atoms. The van der Waals surface area contributed by atoms with E-state index in [1.165, 1.54) is 5.39 Å². The van der Waals surface area contributed by atoms with Gasteiger partial charge in [0.2, 0.25) is 5.91 Å². The Morgan fingerprint density at radius 2 is 1.74 bits per heavy atom. The van der Waals surface area contributed by atoms with Crippen molar-refractivity contribution in [2.75, 3.05) is 6.61 Å². The second-order valence-corrected chi connectivity index (χ2v) is 8.75. The maximum Gasteiger partial charge on any atom is 0.344 e. The Hall–Kier alpha value is -3.84. The minimum absolute atomic E-state index is 0.0834. The molecule has 3 aromatic rings. The van der Waals surface area contributed by atoms with Crippen molar-refractivity contribution < 1.29 is 24.2 Å². The summed E-state index contributed by atoms with van der Waals surface area (Å²) >= 11 is 1.07. The summed E-state index contributed by atoms with van der Waals surface area (Å²) in [5.41, 5.74) is 1.81. The number of rotatable bonds is 7. The number of hydrogen-bond acceptors (Lipinski definition) is 6. The molecule has 0 aliphatic carbocycles. The fourth-order valence-corrected chi connectivity index (χ4v) is 4.61. The molecule has 1 aliphatic rings. The van der Waals surface area contributed by atoms with Crippen molar-refractivity contribution in [3.63, 3.8) is 0 Å². The third-order valence-electron chi connectivity index (χ3n) is 5.35. The summed E-state index contributed by atoms with van der Waals surface area (Å²) in [6.07, 6.45) is 1.92. The largest absolute Gasteiger partial charge is 0.506 e. The van der Waals surface area contributed by atoms with Gasteiger partial charge in [-0.15, -0.1) is 0 Å². The number of amides is 1. The van der Waals surface area contributed by atoms with Crippen LogP contribution in [0.2, 0.25) is 0 Å². The minimum atomic E-state index is -0.708. The van der Waals surface area contributed by atoms with Crippen molar-refractivity contribution in [2.45, 2.75) is 26.9 Å². The molecule has 0 unspecified atom stereocenters. The molecule has 0 radical (unpaired) electrons. The van der Waals surface area contributed by atoms with Gasteiger partial charge in [-0.2, -0.15) is 0 Å². The Kier molecular flexibility index (Phi) is 7.67. The van der Waals surface area contributed by atoms with Crippen LogP contribution < -0.4 is 4.74 Å². The average Bonchev–Trinajstić information content (AvgIpc) is 3.17. The lowest BCUT2D eigenvalue weighted by Gasteiger charge is -2.09. The number of aliphatic imine (C=N–C) groups is 1. The first kappa shape index (κ1) is 24.3. The van der Waals surface area contributed by atoms with Crippen LogP contribution in [-0.2, 0) is 20.9 Å². The number of aliphatic hydroxyl groups is 1. The van der Waals surface area contributed by atoms with Gasteiger partial charge < -0.3 is 14.6 Å². The average molecular weight is 488 g/mol. The quantitative estimate of drug-likeness (QED) is 0.399. The lowest BCUT2D eigenvalue weighted by Crippen LogP contribution is -2.14. The topological polar surface area (TPSA) is 85.2 Å². The molecule has 0 fully saturated rings. The number of aliphatic hydroxyl groups excluding tert-OH is 1. The first-order valence-corrected chi connectivity index (χ1v) is 12.1. The van der Waals surface area contributed by atoms with Crippen LogP contribution in [0.4, 0.5) is 0 Å². The molecule has 178 valence electrons. The van der Waals surface area contributed by atoms with Crippen LogP contribution in [0, 0.1) is 0 Å². The van der Waals surface area contributed by atoms with Crippen molar-refractivity contribution in [1.29, 1.82) is 0 Å². The maximum atomic E-state index is 12.4. The van der Waals surface area contributed by atoms with E-state index < -0.39 is 5.97 Å². The van der Waals surface area contributed by atoms with E-state index in [1.807, 2.05) is 42.5 Å². The summed E-state index contributed by atoms with van der Waals surface area (Å²) in [4.78, 5) is 28.6. The molecule has 0 aromatic heterocycles. The molecule has 1 heterocycles. The number of benzene rings is 3. The highest BCUT2D eigenvalue weighted by Crippen LogP contribution is 2.39. The molecule has 4 rings (SSSR count). The van der Waals surface area contributed by atoms with Gasteiger partial charge in [0.15, 0.2) is 0 Å². The molecule has 0 atom stereocenters. The lowest BCUT2D eigenvalue weighted by molar-refractivity contribution is -0.138. The standard InChI is InChI=1S/C28H25NO5S/c1-3-24(30)29-27-25(28(32)33-4-2)26(31)23(35-27)16-18-12-14-21(15-13-18)34-17-20-10-7-9-19-8-5-6-11-22(19)20/h5-16,31H,3-4,17H2,1-2H3/b23-16-,29-27?. The molecule has 1 N–H and O–H groups in total. The van der Waals surface area contributed by atoms with Gasteiger partial charge in [0.25, 0.3) is 0 Å². The van der Waals surface area contributed by atoms with Gasteiger partial charge in [0.05, 0.1) is 11.5 Å². The predicted octanol–water partition coefficient (Wildman–Crippen LogP) is 6.22. The van der Waals surface area contributed by atoms with Crippen LogP contribution in [0.15, 0.2) is 88.0 Å². The zero-order chi connectivity index (χ0) is 24.8. The number of esters is 1. The first-order chi connectivity index (χ1) is 17.0. The molecule has 35 heavy (non-hydrogen) atoms. The molecular formula is C28H25NO5S. The van der Waals surface area contributed by atoms with Crippen LogP contribution >= 0.6 is 11.8 Å². The highest BCUT2D eigenvalue weighted by molar-refractivity contribution is 8.18.